The summed E-state index contributed by atoms with van der Waals surface area (Å²) in [7, 11) is 1.71. The Bertz CT molecular complexity index is 656. The van der Waals surface area contributed by atoms with E-state index in [1.807, 2.05) is 30.2 Å². The lowest BCUT2D eigenvalue weighted by Crippen LogP contribution is -2.29. The van der Waals surface area contributed by atoms with Crippen molar-refractivity contribution in [1.82, 2.24) is 19.7 Å². The van der Waals surface area contributed by atoms with Crippen LogP contribution in [0, 0.1) is 5.92 Å². The van der Waals surface area contributed by atoms with Crippen LogP contribution in [-0.4, -0.2) is 52.4 Å². The fraction of sp³-hybridized carbons (Fsp3) is 0.471. The van der Waals surface area contributed by atoms with Crippen molar-refractivity contribution < 1.29 is 9.53 Å². The first-order chi connectivity index (χ1) is 11.2. The third-order valence-electron chi connectivity index (χ3n) is 4.45. The van der Waals surface area contributed by atoms with E-state index < -0.39 is 0 Å². The number of nitrogens with zero attached hydrogens (tertiary/aromatic N) is 4. The second-order valence-corrected chi connectivity index (χ2v) is 5.90. The molecule has 1 aliphatic rings. The van der Waals surface area contributed by atoms with Crippen molar-refractivity contribution in [2.75, 3.05) is 26.8 Å². The summed E-state index contributed by atoms with van der Waals surface area (Å²) in [6.45, 7) is 4.82. The average Bonchev–Trinajstić information content (AvgIpc) is 3.22. The van der Waals surface area contributed by atoms with E-state index in [1.54, 1.807) is 30.4 Å². The van der Waals surface area contributed by atoms with Crippen molar-refractivity contribution in [2.24, 2.45) is 5.92 Å². The predicted molar refractivity (Wildman–Crippen MR) is 86.1 cm³/mol. The van der Waals surface area contributed by atoms with E-state index in [0.717, 1.165) is 6.54 Å². The Hall–Kier alpha value is -2.21. The molecule has 3 heterocycles. The highest BCUT2D eigenvalue weighted by molar-refractivity contribution is 5.94. The van der Waals surface area contributed by atoms with Gasteiger partial charge >= 0.3 is 0 Å². The van der Waals surface area contributed by atoms with Crippen molar-refractivity contribution in [2.45, 2.75) is 19.4 Å². The maximum Gasteiger partial charge on any atom is 0.257 e. The highest BCUT2D eigenvalue weighted by atomic mass is 16.5. The maximum atomic E-state index is 12.7. The number of amides is 1. The third kappa shape index (κ3) is 3.27. The average molecular weight is 314 g/mol. The topological polar surface area (TPSA) is 60.2 Å². The lowest BCUT2D eigenvalue weighted by molar-refractivity contribution is 0.0775. The molecule has 23 heavy (non-hydrogen) atoms. The van der Waals surface area contributed by atoms with Gasteiger partial charge in [0.1, 0.15) is 0 Å². The number of carbonyl (C=O) groups excluding carboxylic acids is 1. The van der Waals surface area contributed by atoms with Crippen LogP contribution in [0.15, 0.2) is 36.9 Å². The van der Waals surface area contributed by atoms with Gasteiger partial charge in [-0.05, 0) is 24.6 Å². The number of ether oxygens (including phenoxy) is 1. The van der Waals surface area contributed by atoms with E-state index >= 15 is 0 Å². The van der Waals surface area contributed by atoms with Crippen LogP contribution in [0.25, 0.3) is 0 Å². The molecule has 0 unspecified atom stereocenters. The van der Waals surface area contributed by atoms with Crippen LogP contribution in [-0.2, 0) is 11.3 Å². The molecule has 2 atom stereocenters. The highest BCUT2D eigenvalue weighted by Crippen LogP contribution is 2.33. The smallest absolute Gasteiger partial charge is 0.257 e. The normalized spacial score (nSPS) is 20.9. The molecule has 122 valence electrons. The predicted octanol–water partition coefficient (Wildman–Crippen LogP) is 1.80. The third-order valence-corrected chi connectivity index (χ3v) is 4.45. The van der Waals surface area contributed by atoms with Crippen molar-refractivity contribution in [3.05, 3.63) is 48.0 Å². The molecule has 0 aromatic carbocycles. The van der Waals surface area contributed by atoms with Crippen molar-refractivity contribution >= 4 is 5.91 Å². The molecule has 2 aromatic rings. The van der Waals surface area contributed by atoms with Crippen molar-refractivity contribution in [3.63, 3.8) is 0 Å². The molecule has 3 rings (SSSR count). The number of hydrogen-bond acceptors (Lipinski definition) is 4. The second kappa shape index (κ2) is 6.91. The molecule has 0 radical (unpaired) electrons. The minimum absolute atomic E-state index is 0.0439. The van der Waals surface area contributed by atoms with Gasteiger partial charge in [-0.1, -0.05) is 0 Å². The zero-order chi connectivity index (χ0) is 16.2. The van der Waals surface area contributed by atoms with Gasteiger partial charge in [0, 0.05) is 57.2 Å². The Kier molecular flexibility index (Phi) is 4.71. The van der Waals surface area contributed by atoms with E-state index in [0.29, 0.717) is 31.2 Å². The van der Waals surface area contributed by atoms with E-state index in [1.165, 1.54) is 5.56 Å². The van der Waals surface area contributed by atoms with Gasteiger partial charge in [0.2, 0.25) is 0 Å². The number of pyridine rings is 1. The van der Waals surface area contributed by atoms with Gasteiger partial charge in [0.15, 0.2) is 0 Å². The summed E-state index contributed by atoms with van der Waals surface area (Å²) >= 11 is 0. The molecule has 0 saturated carbocycles. The van der Waals surface area contributed by atoms with Crippen LogP contribution in [0.1, 0.15) is 28.8 Å². The molecule has 0 spiro atoms. The standard InChI is InChI=1S/C17H22N4O2/c1-3-21-10-14(8-19-21)17(22)20-9-15(12-23-2)16(11-20)13-4-6-18-7-5-13/h4-8,10,15-16H,3,9,11-12H2,1-2H3/t15-,16-/m0/s1. The number of aryl methyl sites for hydroxylation is 1. The van der Waals surface area contributed by atoms with Crippen LogP contribution in [0.4, 0.5) is 0 Å². The molecule has 1 saturated heterocycles. The summed E-state index contributed by atoms with van der Waals surface area (Å²) < 4.78 is 7.14. The van der Waals surface area contributed by atoms with Gasteiger partial charge in [-0.25, -0.2) is 0 Å². The van der Waals surface area contributed by atoms with E-state index in [9.17, 15) is 4.79 Å². The summed E-state index contributed by atoms with van der Waals surface area (Å²) in [6.07, 6.45) is 7.06. The van der Waals surface area contributed by atoms with E-state index in [4.69, 9.17) is 4.74 Å². The van der Waals surface area contributed by atoms with Gasteiger partial charge in [-0.3, -0.25) is 14.5 Å². The van der Waals surface area contributed by atoms with E-state index in [-0.39, 0.29) is 11.8 Å². The summed E-state index contributed by atoms with van der Waals surface area (Å²) in [5.41, 5.74) is 1.86. The zero-order valence-electron chi connectivity index (χ0n) is 13.6. The number of aromatic nitrogens is 3. The first-order valence-electron chi connectivity index (χ1n) is 7.93. The first kappa shape index (κ1) is 15.7. The number of methoxy groups -OCH3 is 1. The van der Waals surface area contributed by atoms with Crippen molar-refractivity contribution in [3.8, 4) is 0 Å². The van der Waals surface area contributed by atoms with E-state index in [2.05, 4.69) is 10.1 Å². The minimum atomic E-state index is 0.0439. The van der Waals surface area contributed by atoms with Gasteiger partial charge in [-0.15, -0.1) is 0 Å². The molecule has 0 aliphatic carbocycles. The number of hydrogen-bond donors (Lipinski definition) is 0. The van der Waals surface area contributed by atoms with Crippen LogP contribution >= 0.6 is 0 Å². The zero-order valence-corrected chi connectivity index (χ0v) is 13.6. The van der Waals surface area contributed by atoms with Gasteiger partial charge in [0.25, 0.3) is 5.91 Å². The van der Waals surface area contributed by atoms with Gasteiger partial charge in [0.05, 0.1) is 18.4 Å². The number of likely N-dealkylation sites (tertiary alicyclic amines) is 1. The summed E-state index contributed by atoms with van der Waals surface area (Å²) in [6, 6.07) is 4.05. The SMILES string of the molecule is CCn1cc(C(=O)N2C[C@@H](COC)[C@H](c3ccncc3)C2)cn1. The highest BCUT2D eigenvalue weighted by Gasteiger charge is 2.36. The molecule has 2 aromatic heterocycles. The quantitative estimate of drug-likeness (QED) is 0.844. The molecule has 1 aliphatic heterocycles. The fourth-order valence-corrected chi connectivity index (χ4v) is 3.24. The van der Waals surface area contributed by atoms with Crippen LogP contribution in [0.5, 0.6) is 0 Å². The van der Waals surface area contributed by atoms with Gasteiger partial charge in [-0.2, -0.15) is 5.10 Å². The minimum Gasteiger partial charge on any atom is -0.384 e. The van der Waals surface area contributed by atoms with Crippen LogP contribution in [0.3, 0.4) is 0 Å². The molecule has 0 N–H and O–H groups in total. The molecule has 0 bridgehead atoms. The Labute approximate surface area is 136 Å². The molecular formula is C17H22N4O2. The maximum absolute atomic E-state index is 12.7. The molecular weight excluding hydrogens is 292 g/mol. The lowest BCUT2D eigenvalue weighted by Gasteiger charge is -2.17. The van der Waals surface area contributed by atoms with Crippen LogP contribution in [0.2, 0.25) is 0 Å². The largest absolute Gasteiger partial charge is 0.384 e. The second-order valence-electron chi connectivity index (χ2n) is 5.90. The summed E-state index contributed by atoms with van der Waals surface area (Å²) in [5.74, 6) is 0.623. The van der Waals surface area contributed by atoms with Gasteiger partial charge < -0.3 is 9.64 Å². The monoisotopic (exact) mass is 314 g/mol. The number of rotatable bonds is 5. The molecule has 1 fully saturated rings. The Balaban J connectivity index is 1.78. The Morgan fingerprint density at radius 3 is 2.78 bits per heavy atom. The Morgan fingerprint density at radius 2 is 2.13 bits per heavy atom. The Morgan fingerprint density at radius 1 is 1.35 bits per heavy atom. The molecule has 6 nitrogen and oxygen atoms in total. The molecule has 1 amide bonds. The van der Waals surface area contributed by atoms with Crippen molar-refractivity contribution in [1.29, 1.82) is 0 Å². The summed E-state index contributed by atoms with van der Waals surface area (Å²) in [5, 5.41) is 4.20. The summed E-state index contributed by atoms with van der Waals surface area (Å²) in [4.78, 5) is 18.7. The first-order valence-corrected chi connectivity index (χ1v) is 7.93. The van der Waals surface area contributed by atoms with Crippen LogP contribution < -0.4 is 0 Å². The lowest BCUT2D eigenvalue weighted by atomic mass is 9.90. The fourth-order valence-electron chi connectivity index (χ4n) is 3.24. The number of carbonyl (C=O) groups is 1. The molecule has 6 heteroatoms.